The molecule has 0 saturated heterocycles. The number of nitrogens with zero attached hydrogens (tertiary/aromatic N) is 3. The van der Waals surface area contributed by atoms with Crippen LogP contribution in [0.15, 0.2) is 58.1 Å². The van der Waals surface area contributed by atoms with E-state index < -0.39 is 23.2 Å². The van der Waals surface area contributed by atoms with Crippen molar-refractivity contribution < 1.29 is 4.79 Å². The zero-order valence-corrected chi connectivity index (χ0v) is 17.1. The van der Waals surface area contributed by atoms with Gasteiger partial charge in [0.1, 0.15) is 11.9 Å². The number of amides is 1. The Hall–Kier alpha value is -3.36. The summed E-state index contributed by atoms with van der Waals surface area (Å²) in [4.78, 5) is 44.5. The number of fused-ring (bicyclic) bond motifs is 1. The highest BCUT2D eigenvalue weighted by atomic mass is 35.5. The Bertz CT molecular complexity index is 1400. The van der Waals surface area contributed by atoms with Gasteiger partial charge in [-0.05, 0) is 43.3 Å². The molecular formula is C20H15Cl2N5O3. The first-order valence-corrected chi connectivity index (χ1v) is 9.62. The molecule has 2 aromatic carbocycles. The number of imidazole rings is 1. The lowest BCUT2D eigenvalue weighted by Crippen LogP contribution is -2.42. The van der Waals surface area contributed by atoms with Gasteiger partial charge in [0.15, 0.2) is 11.2 Å². The molecule has 0 radical (unpaired) electrons. The second-order valence-electron chi connectivity index (χ2n) is 6.61. The number of benzene rings is 2. The quantitative estimate of drug-likeness (QED) is 0.504. The molecule has 30 heavy (non-hydrogen) atoms. The lowest BCUT2D eigenvalue weighted by atomic mass is 10.2. The predicted molar refractivity (Wildman–Crippen MR) is 115 cm³/mol. The first-order valence-electron chi connectivity index (χ1n) is 8.87. The molecule has 4 rings (SSSR count). The number of aromatic amines is 1. The lowest BCUT2D eigenvalue weighted by molar-refractivity contribution is -0.120. The normalized spacial score (nSPS) is 12.2. The number of aromatic nitrogens is 4. The van der Waals surface area contributed by atoms with Crippen molar-refractivity contribution in [2.45, 2.75) is 13.0 Å². The smallest absolute Gasteiger partial charge is 0.330 e. The monoisotopic (exact) mass is 443 g/mol. The van der Waals surface area contributed by atoms with E-state index >= 15 is 0 Å². The number of hydrogen-bond acceptors (Lipinski definition) is 4. The molecule has 152 valence electrons. The van der Waals surface area contributed by atoms with Crippen LogP contribution in [0.5, 0.6) is 0 Å². The van der Waals surface area contributed by atoms with E-state index in [0.717, 1.165) is 4.57 Å². The first kappa shape index (κ1) is 19.9. The van der Waals surface area contributed by atoms with Crippen molar-refractivity contribution in [2.75, 3.05) is 0 Å². The topological polar surface area (TPSA) is 116 Å². The molecular weight excluding hydrogens is 429 g/mol. The SMILES string of the molecule is CC(C(N)=O)n1c(=O)[nH]c2nc(-c3ccccc3Cl)n(-c3ccc(Cl)cc3)c2c1=O. The third-order valence-corrected chi connectivity index (χ3v) is 5.32. The Morgan fingerprint density at radius 1 is 1.10 bits per heavy atom. The van der Waals surface area contributed by atoms with E-state index in [1.54, 1.807) is 53.1 Å². The molecule has 0 aliphatic rings. The number of primary amides is 1. The third kappa shape index (κ3) is 3.20. The molecule has 1 unspecified atom stereocenters. The highest BCUT2D eigenvalue weighted by Gasteiger charge is 2.24. The van der Waals surface area contributed by atoms with Gasteiger partial charge < -0.3 is 5.73 Å². The van der Waals surface area contributed by atoms with Gasteiger partial charge >= 0.3 is 5.69 Å². The van der Waals surface area contributed by atoms with Gasteiger partial charge in [-0.3, -0.25) is 19.1 Å². The lowest BCUT2D eigenvalue weighted by Gasteiger charge is -2.12. The van der Waals surface area contributed by atoms with Crippen molar-refractivity contribution in [3.63, 3.8) is 0 Å². The number of nitrogens with one attached hydrogen (secondary N) is 1. The summed E-state index contributed by atoms with van der Waals surface area (Å²) in [5.41, 5.74) is 5.08. The van der Waals surface area contributed by atoms with Gasteiger partial charge in [-0.2, -0.15) is 0 Å². The van der Waals surface area contributed by atoms with Crippen molar-refractivity contribution in [3.05, 3.63) is 79.4 Å². The predicted octanol–water partition coefficient (Wildman–Crippen LogP) is 2.90. The van der Waals surface area contributed by atoms with Crippen molar-refractivity contribution in [3.8, 4) is 17.1 Å². The summed E-state index contributed by atoms with van der Waals surface area (Å²) < 4.78 is 2.34. The molecule has 3 N–H and O–H groups in total. The van der Waals surface area contributed by atoms with Crippen LogP contribution in [0, 0.1) is 0 Å². The molecule has 10 heteroatoms. The highest BCUT2D eigenvalue weighted by Crippen LogP contribution is 2.31. The maximum absolute atomic E-state index is 13.3. The summed E-state index contributed by atoms with van der Waals surface area (Å²) in [6.07, 6.45) is 0. The molecule has 0 fully saturated rings. The molecule has 2 heterocycles. The van der Waals surface area contributed by atoms with E-state index in [9.17, 15) is 14.4 Å². The summed E-state index contributed by atoms with van der Waals surface area (Å²) >= 11 is 12.4. The molecule has 0 saturated carbocycles. The minimum absolute atomic E-state index is 0.0581. The number of nitrogens with two attached hydrogens (primary N) is 1. The Balaban J connectivity index is 2.17. The van der Waals surface area contributed by atoms with Crippen LogP contribution in [-0.4, -0.2) is 25.0 Å². The first-order chi connectivity index (χ1) is 14.3. The van der Waals surface area contributed by atoms with Crippen LogP contribution in [0.1, 0.15) is 13.0 Å². The molecule has 1 atom stereocenters. The number of hydrogen-bond donors (Lipinski definition) is 2. The Morgan fingerprint density at radius 3 is 2.40 bits per heavy atom. The van der Waals surface area contributed by atoms with Gasteiger partial charge in [-0.15, -0.1) is 0 Å². The van der Waals surface area contributed by atoms with Crippen molar-refractivity contribution >= 4 is 40.3 Å². The Morgan fingerprint density at radius 2 is 1.77 bits per heavy atom. The van der Waals surface area contributed by atoms with Gasteiger partial charge in [0, 0.05) is 16.3 Å². The van der Waals surface area contributed by atoms with Crippen LogP contribution in [0.4, 0.5) is 0 Å². The fourth-order valence-corrected chi connectivity index (χ4v) is 3.56. The van der Waals surface area contributed by atoms with E-state index in [0.29, 0.717) is 27.1 Å². The van der Waals surface area contributed by atoms with E-state index in [1.165, 1.54) is 6.92 Å². The maximum atomic E-state index is 13.3. The standard InChI is InChI=1S/C20H15Cl2N5O3/c1-10(16(23)28)26-19(29)15-17(25-20(26)30)24-18(13-4-2-3-5-14(13)22)27(15)12-8-6-11(21)7-9-12/h2-10H,1H3,(H2,23,28)(H,25,30). The van der Waals surface area contributed by atoms with E-state index in [1.807, 2.05) is 0 Å². The number of carbonyl (C=O) groups is 1. The van der Waals surface area contributed by atoms with Crippen molar-refractivity contribution in [1.82, 2.24) is 19.1 Å². The molecule has 4 aromatic rings. The van der Waals surface area contributed by atoms with Crippen LogP contribution < -0.4 is 17.0 Å². The van der Waals surface area contributed by atoms with Crippen LogP contribution in [0.3, 0.4) is 0 Å². The number of carbonyl (C=O) groups excluding carboxylic acids is 1. The Kier molecular flexibility index (Phi) is 4.97. The largest absolute Gasteiger partial charge is 0.368 e. The molecule has 0 aliphatic heterocycles. The maximum Gasteiger partial charge on any atom is 0.330 e. The zero-order valence-electron chi connectivity index (χ0n) is 15.6. The minimum atomic E-state index is -1.15. The fourth-order valence-electron chi connectivity index (χ4n) is 3.22. The number of halogens is 2. The molecule has 1 amide bonds. The molecule has 0 aliphatic carbocycles. The van der Waals surface area contributed by atoms with Gasteiger partial charge in [-0.1, -0.05) is 35.3 Å². The number of H-pyrrole nitrogens is 1. The summed E-state index contributed by atoms with van der Waals surface area (Å²) in [5, 5.41) is 0.923. The summed E-state index contributed by atoms with van der Waals surface area (Å²) in [6, 6.07) is 12.6. The van der Waals surface area contributed by atoms with E-state index in [2.05, 4.69) is 9.97 Å². The Labute approximate surface area is 179 Å². The van der Waals surface area contributed by atoms with Gasteiger partial charge in [-0.25, -0.2) is 14.3 Å². The zero-order chi connectivity index (χ0) is 21.6. The third-order valence-electron chi connectivity index (χ3n) is 4.74. The molecule has 0 bridgehead atoms. The molecule has 0 spiro atoms. The second-order valence-corrected chi connectivity index (χ2v) is 7.45. The summed E-state index contributed by atoms with van der Waals surface area (Å²) in [7, 11) is 0. The molecule has 8 nitrogen and oxygen atoms in total. The van der Waals surface area contributed by atoms with Crippen molar-refractivity contribution in [2.24, 2.45) is 5.73 Å². The van der Waals surface area contributed by atoms with Crippen LogP contribution in [0.25, 0.3) is 28.2 Å². The average molecular weight is 444 g/mol. The van der Waals surface area contributed by atoms with Crippen LogP contribution in [-0.2, 0) is 4.79 Å². The highest BCUT2D eigenvalue weighted by molar-refractivity contribution is 6.33. The minimum Gasteiger partial charge on any atom is -0.368 e. The average Bonchev–Trinajstić information content (AvgIpc) is 3.08. The fraction of sp³-hybridized carbons (Fsp3) is 0.100. The van der Waals surface area contributed by atoms with Crippen LogP contribution >= 0.6 is 23.2 Å². The van der Waals surface area contributed by atoms with Gasteiger partial charge in [0.05, 0.1) is 5.02 Å². The second kappa shape index (κ2) is 7.47. The number of rotatable bonds is 4. The van der Waals surface area contributed by atoms with E-state index in [4.69, 9.17) is 28.9 Å². The van der Waals surface area contributed by atoms with E-state index in [-0.39, 0.29) is 11.2 Å². The van der Waals surface area contributed by atoms with Gasteiger partial charge in [0.25, 0.3) is 5.56 Å². The van der Waals surface area contributed by atoms with Gasteiger partial charge in [0.2, 0.25) is 5.91 Å². The summed E-state index contributed by atoms with van der Waals surface area (Å²) in [6.45, 7) is 1.38. The van der Waals surface area contributed by atoms with Crippen LogP contribution in [0.2, 0.25) is 10.0 Å². The summed E-state index contributed by atoms with van der Waals surface area (Å²) in [5.74, 6) is -0.471. The molecule has 2 aromatic heterocycles. The van der Waals surface area contributed by atoms with Crippen molar-refractivity contribution in [1.29, 1.82) is 0 Å².